The number of amides is 1. The molecule has 2 heterocycles. The highest BCUT2D eigenvalue weighted by atomic mass is 19.4. The number of hydrogen-bond acceptors (Lipinski definition) is 6. The molecule has 0 unspecified atom stereocenters. The number of nitrogens with one attached hydrogen (secondary N) is 1. The zero-order chi connectivity index (χ0) is 27.2. The molecular weight excluding hydrogens is 510 g/mol. The highest BCUT2D eigenvalue weighted by molar-refractivity contribution is 5.98. The zero-order valence-electron chi connectivity index (χ0n) is 19.6. The number of hydrogen-bond donors (Lipinski definition) is 3. The van der Waals surface area contributed by atoms with Gasteiger partial charge >= 0.3 is 18.1 Å². The van der Waals surface area contributed by atoms with Gasteiger partial charge in [-0.15, -0.1) is 0 Å². The molecule has 3 aromatic rings. The number of rotatable bonds is 6. The standard InChI is InChI=1S/C26H21F4N3O5/c27-14-4-7-18(31)20(9-14)32-19-3-1-2-17-21(12-38-24(17)19)33(25(36)26(28,29)30)15-5-6-16-13(8-23(34)35)11-37-22(16)10-15/h1-7,9-10,13,21,32H,8,11-12,31H2,(H,34,35)/t13-,21-/m1/s1. The van der Waals surface area contributed by atoms with Gasteiger partial charge in [0.25, 0.3) is 0 Å². The molecule has 8 nitrogen and oxygen atoms in total. The first-order chi connectivity index (χ1) is 18.0. The van der Waals surface area contributed by atoms with Gasteiger partial charge < -0.3 is 25.6 Å². The van der Waals surface area contributed by atoms with E-state index < -0.39 is 35.8 Å². The van der Waals surface area contributed by atoms with Gasteiger partial charge in [0.05, 0.1) is 36.1 Å². The number of carbonyl (C=O) groups is 2. The van der Waals surface area contributed by atoms with Gasteiger partial charge in [-0.2, -0.15) is 13.2 Å². The second kappa shape index (κ2) is 9.43. The maximum Gasteiger partial charge on any atom is 0.471 e. The lowest BCUT2D eigenvalue weighted by Gasteiger charge is -2.29. The molecular formula is C26H21F4N3O5. The van der Waals surface area contributed by atoms with Gasteiger partial charge in [-0.05, 0) is 30.3 Å². The van der Waals surface area contributed by atoms with Crippen LogP contribution in [0.4, 0.5) is 40.3 Å². The van der Waals surface area contributed by atoms with E-state index in [0.717, 1.165) is 0 Å². The molecule has 1 amide bonds. The number of carboxylic acid groups (broad SMARTS) is 1. The predicted molar refractivity (Wildman–Crippen MR) is 129 cm³/mol. The number of carbonyl (C=O) groups excluding carboxylic acids is 1. The predicted octanol–water partition coefficient (Wildman–Crippen LogP) is 5.13. The summed E-state index contributed by atoms with van der Waals surface area (Å²) in [5.41, 5.74) is 7.47. The third-order valence-electron chi connectivity index (χ3n) is 6.42. The number of alkyl halides is 3. The van der Waals surface area contributed by atoms with E-state index in [9.17, 15) is 27.2 Å². The molecule has 38 heavy (non-hydrogen) atoms. The Bertz CT molecular complexity index is 1430. The number of nitrogens with two attached hydrogens (primary N) is 1. The number of carboxylic acids is 1. The molecule has 0 saturated carbocycles. The Morgan fingerprint density at radius 1 is 1.03 bits per heavy atom. The fourth-order valence-electron chi connectivity index (χ4n) is 4.69. The second-order valence-electron chi connectivity index (χ2n) is 8.91. The van der Waals surface area contributed by atoms with Gasteiger partial charge in [-0.1, -0.05) is 18.2 Å². The van der Waals surface area contributed by atoms with Crippen LogP contribution in [0.25, 0.3) is 0 Å². The molecule has 0 fully saturated rings. The number of anilines is 4. The molecule has 2 atom stereocenters. The Balaban J connectivity index is 1.52. The van der Waals surface area contributed by atoms with E-state index in [1.165, 1.54) is 42.5 Å². The number of aliphatic carboxylic acids is 1. The number of nitrogens with zero attached hydrogens (tertiary/aromatic N) is 1. The van der Waals surface area contributed by atoms with Crippen LogP contribution < -0.4 is 25.4 Å². The molecule has 0 radical (unpaired) electrons. The van der Waals surface area contributed by atoms with Crippen molar-refractivity contribution in [3.8, 4) is 11.5 Å². The third-order valence-corrected chi connectivity index (χ3v) is 6.42. The summed E-state index contributed by atoms with van der Waals surface area (Å²) in [4.78, 5) is 24.4. The summed E-state index contributed by atoms with van der Waals surface area (Å²) in [6.45, 7) is -0.222. The number of halogens is 4. The van der Waals surface area contributed by atoms with Crippen LogP contribution in [0.2, 0.25) is 0 Å². The summed E-state index contributed by atoms with van der Waals surface area (Å²) in [7, 11) is 0. The summed E-state index contributed by atoms with van der Waals surface area (Å²) in [6, 6.07) is 11.4. The van der Waals surface area contributed by atoms with Crippen LogP contribution in [-0.2, 0) is 9.59 Å². The first-order valence-electron chi connectivity index (χ1n) is 11.5. The van der Waals surface area contributed by atoms with E-state index in [0.29, 0.717) is 21.7 Å². The van der Waals surface area contributed by atoms with Crippen LogP contribution in [0.1, 0.15) is 29.5 Å². The van der Waals surface area contributed by atoms with Crippen LogP contribution in [-0.4, -0.2) is 36.4 Å². The number of fused-ring (bicyclic) bond motifs is 2. The van der Waals surface area contributed by atoms with E-state index in [-0.39, 0.29) is 48.2 Å². The van der Waals surface area contributed by atoms with E-state index in [4.69, 9.17) is 20.3 Å². The Labute approximate surface area is 213 Å². The zero-order valence-corrected chi connectivity index (χ0v) is 19.6. The Kier molecular flexibility index (Phi) is 6.25. The Morgan fingerprint density at radius 2 is 1.82 bits per heavy atom. The monoisotopic (exact) mass is 531 g/mol. The summed E-state index contributed by atoms with van der Waals surface area (Å²) in [5, 5.41) is 12.1. The summed E-state index contributed by atoms with van der Waals surface area (Å²) >= 11 is 0. The smallest absolute Gasteiger partial charge is 0.471 e. The van der Waals surface area contributed by atoms with Crippen LogP contribution in [0, 0.1) is 5.82 Å². The SMILES string of the molecule is Nc1ccc(F)cc1Nc1cccc2c1OC[C@H]2N(C(=O)C(F)(F)F)c1ccc2c(c1)OC[C@H]2CC(=O)O. The number of para-hydroxylation sites is 1. The molecule has 0 spiro atoms. The van der Waals surface area contributed by atoms with Crippen molar-refractivity contribution >= 4 is 34.6 Å². The van der Waals surface area contributed by atoms with Crippen LogP contribution in [0.15, 0.2) is 54.6 Å². The Hall–Kier alpha value is -4.48. The largest absolute Gasteiger partial charge is 0.493 e. The van der Waals surface area contributed by atoms with E-state index >= 15 is 0 Å². The van der Waals surface area contributed by atoms with Gasteiger partial charge in [-0.3, -0.25) is 14.5 Å². The van der Waals surface area contributed by atoms with Gasteiger partial charge in [-0.25, -0.2) is 4.39 Å². The van der Waals surface area contributed by atoms with Crippen molar-refractivity contribution in [1.29, 1.82) is 0 Å². The van der Waals surface area contributed by atoms with Crippen LogP contribution in [0.3, 0.4) is 0 Å². The lowest BCUT2D eigenvalue weighted by molar-refractivity contribution is -0.171. The minimum absolute atomic E-state index is 0.0614. The van der Waals surface area contributed by atoms with Crippen molar-refractivity contribution in [1.82, 2.24) is 0 Å². The second-order valence-corrected chi connectivity index (χ2v) is 8.91. The lowest BCUT2D eigenvalue weighted by Crippen LogP contribution is -2.44. The molecule has 3 aromatic carbocycles. The third kappa shape index (κ3) is 4.64. The van der Waals surface area contributed by atoms with Gasteiger partial charge in [0.2, 0.25) is 0 Å². The maximum absolute atomic E-state index is 13.8. The van der Waals surface area contributed by atoms with Crippen molar-refractivity contribution in [3.63, 3.8) is 0 Å². The quantitative estimate of drug-likeness (QED) is 0.299. The van der Waals surface area contributed by atoms with E-state index in [1.807, 2.05) is 0 Å². The normalized spacial score (nSPS) is 17.7. The minimum atomic E-state index is -5.19. The van der Waals surface area contributed by atoms with E-state index in [1.54, 1.807) is 12.1 Å². The molecule has 0 aromatic heterocycles. The van der Waals surface area contributed by atoms with Crippen molar-refractivity contribution < 1.29 is 41.7 Å². The van der Waals surface area contributed by atoms with Crippen molar-refractivity contribution in [2.75, 3.05) is 29.2 Å². The summed E-state index contributed by atoms with van der Waals surface area (Å²) < 4.78 is 66.3. The van der Waals surface area contributed by atoms with Gasteiger partial charge in [0, 0.05) is 28.8 Å². The van der Waals surface area contributed by atoms with Gasteiger partial charge in [0.1, 0.15) is 23.9 Å². The first-order valence-corrected chi connectivity index (χ1v) is 11.5. The fourth-order valence-corrected chi connectivity index (χ4v) is 4.69. The molecule has 5 rings (SSSR count). The molecule has 0 saturated heterocycles. The van der Waals surface area contributed by atoms with Crippen molar-refractivity contribution in [2.24, 2.45) is 0 Å². The molecule has 2 aliphatic heterocycles. The van der Waals surface area contributed by atoms with Crippen LogP contribution in [0.5, 0.6) is 11.5 Å². The molecule has 12 heteroatoms. The maximum atomic E-state index is 13.8. The average Bonchev–Trinajstić information content (AvgIpc) is 3.46. The first kappa shape index (κ1) is 25.2. The summed E-state index contributed by atoms with van der Waals surface area (Å²) in [6.07, 6.45) is -5.40. The van der Waals surface area contributed by atoms with Gasteiger partial charge in [0.15, 0.2) is 0 Å². The molecule has 0 bridgehead atoms. The van der Waals surface area contributed by atoms with E-state index in [2.05, 4.69) is 5.32 Å². The van der Waals surface area contributed by atoms with Crippen molar-refractivity contribution in [3.05, 3.63) is 71.5 Å². The number of ether oxygens (including phenoxy) is 2. The molecule has 198 valence electrons. The topological polar surface area (TPSA) is 114 Å². The van der Waals surface area contributed by atoms with Crippen molar-refractivity contribution in [2.45, 2.75) is 24.6 Å². The molecule has 0 aliphatic carbocycles. The Morgan fingerprint density at radius 3 is 2.55 bits per heavy atom. The molecule has 4 N–H and O–H groups in total. The lowest BCUT2D eigenvalue weighted by atomic mass is 9.97. The minimum Gasteiger partial charge on any atom is -0.493 e. The fraction of sp³-hybridized carbons (Fsp3) is 0.231. The summed E-state index contributed by atoms with van der Waals surface area (Å²) in [5.74, 6) is -3.73. The number of benzene rings is 3. The highest BCUT2D eigenvalue weighted by Crippen LogP contribution is 2.47. The highest BCUT2D eigenvalue weighted by Gasteiger charge is 2.48. The average molecular weight is 531 g/mol. The number of nitrogen functional groups attached to an aromatic ring is 1. The van der Waals surface area contributed by atoms with Crippen LogP contribution >= 0.6 is 0 Å². The molecule has 2 aliphatic rings.